The van der Waals surface area contributed by atoms with Crippen molar-refractivity contribution >= 4 is 28.7 Å². The molecule has 0 aliphatic heterocycles. The van der Waals surface area contributed by atoms with Gasteiger partial charge in [-0.05, 0) is 36.4 Å². The Kier molecular flexibility index (Phi) is 4.17. The van der Waals surface area contributed by atoms with Crippen molar-refractivity contribution in [2.75, 3.05) is 6.54 Å². The predicted octanol–water partition coefficient (Wildman–Crippen LogP) is 2.38. The molecule has 1 aromatic carbocycles. The van der Waals surface area contributed by atoms with Gasteiger partial charge in [-0.1, -0.05) is 6.07 Å². The van der Waals surface area contributed by atoms with Crippen LogP contribution in [0.15, 0.2) is 54.9 Å². The lowest BCUT2D eigenvalue weighted by molar-refractivity contribution is 0.0952. The van der Waals surface area contributed by atoms with Crippen LogP contribution < -0.4 is 5.32 Å². The second kappa shape index (κ2) is 6.78. The normalized spacial score (nSPS) is 10.9. The average molecular weight is 350 g/mol. The molecule has 0 unspecified atom stereocenters. The van der Waals surface area contributed by atoms with Gasteiger partial charge in [0.25, 0.3) is 5.91 Å². The third kappa shape index (κ3) is 3.38. The molecule has 0 atom stereocenters. The first-order valence-electron chi connectivity index (χ1n) is 7.75. The van der Waals surface area contributed by atoms with Crippen LogP contribution in [0.4, 0.5) is 0 Å². The number of nitrogens with zero attached hydrogens (tertiary/aromatic N) is 5. The minimum atomic E-state index is -0.132. The summed E-state index contributed by atoms with van der Waals surface area (Å²) in [6, 6.07) is 12.9. The van der Waals surface area contributed by atoms with Gasteiger partial charge in [0, 0.05) is 24.5 Å². The van der Waals surface area contributed by atoms with Gasteiger partial charge in [-0.3, -0.25) is 14.5 Å². The number of amides is 1. The van der Waals surface area contributed by atoms with Crippen molar-refractivity contribution < 1.29 is 4.79 Å². The highest BCUT2D eigenvalue weighted by molar-refractivity contribution is 7.00. The standard InChI is InChI=1S/C17H14N6OS/c24-17(12-4-5-15-16(11-12)22-25-21-15)19-8-10-23-9-6-14(20-23)13-3-1-2-7-18-13/h1-7,9,11H,8,10H2,(H,19,24). The van der Waals surface area contributed by atoms with Crippen molar-refractivity contribution in [2.24, 2.45) is 0 Å². The average Bonchev–Trinajstić information content (AvgIpc) is 3.31. The molecule has 0 saturated heterocycles. The number of hydrogen-bond donors (Lipinski definition) is 1. The highest BCUT2D eigenvalue weighted by Gasteiger charge is 2.08. The van der Waals surface area contributed by atoms with Crippen LogP contribution in [0.1, 0.15) is 10.4 Å². The van der Waals surface area contributed by atoms with Gasteiger partial charge >= 0.3 is 0 Å². The summed E-state index contributed by atoms with van der Waals surface area (Å²) in [6.07, 6.45) is 3.62. The molecular weight excluding hydrogens is 336 g/mol. The summed E-state index contributed by atoms with van der Waals surface area (Å²) in [5.74, 6) is -0.132. The summed E-state index contributed by atoms with van der Waals surface area (Å²) in [6.45, 7) is 1.06. The van der Waals surface area contributed by atoms with E-state index in [9.17, 15) is 4.79 Å². The minimum Gasteiger partial charge on any atom is -0.350 e. The summed E-state index contributed by atoms with van der Waals surface area (Å²) in [4.78, 5) is 16.5. The first kappa shape index (κ1) is 15.4. The number of benzene rings is 1. The van der Waals surface area contributed by atoms with Gasteiger partial charge in [-0.2, -0.15) is 13.8 Å². The molecule has 0 spiro atoms. The Morgan fingerprint density at radius 3 is 2.88 bits per heavy atom. The van der Waals surface area contributed by atoms with Crippen molar-refractivity contribution in [1.82, 2.24) is 28.8 Å². The second-order valence-electron chi connectivity index (χ2n) is 5.40. The first-order chi connectivity index (χ1) is 12.3. The topological polar surface area (TPSA) is 85.6 Å². The molecule has 8 heteroatoms. The van der Waals surface area contributed by atoms with E-state index in [4.69, 9.17) is 0 Å². The lowest BCUT2D eigenvalue weighted by Crippen LogP contribution is -2.27. The van der Waals surface area contributed by atoms with Crippen LogP contribution in [0, 0.1) is 0 Å². The zero-order valence-corrected chi connectivity index (χ0v) is 14.0. The number of fused-ring (bicyclic) bond motifs is 1. The molecule has 4 aromatic rings. The van der Waals surface area contributed by atoms with Crippen molar-refractivity contribution in [3.63, 3.8) is 0 Å². The Balaban J connectivity index is 1.36. The van der Waals surface area contributed by atoms with Crippen LogP contribution in [-0.2, 0) is 6.54 Å². The Morgan fingerprint density at radius 1 is 1.08 bits per heavy atom. The van der Waals surface area contributed by atoms with Gasteiger partial charge in [0.15, 0.2) is 0 Å². The summed E-state index contributed by atoms with van der Waals surface area (Å²) in [5.41, 5.74) is 3.77. The number of aromatic nitrogens is 5. The van der Waals surface area contributed by atoms with Gasteiger partial charge in [0.05, 0.1) is 24.0 Å². The van der Waals surface area contributed by atoms with E-state index in [2.05, 4.69) is 24.1 Å². The molecule has 7 nitrogen and oxygen atoms in total. The molecule has 0 saturated carbocycles. The SMILES string of the molecule is O=C(NCCn1ccc(-c2ccccn2)n1)c1ccc2nsnc2c1. The quantitative estimate of drug-likeness (QED) is 0.597. The van der Waals surface area contributed by atoms with Crippen LogP contribution in [0.25, 0.3) is 22.4 Å². The maximum Gasteiger partial charge on any atom is 0.251 e. The van der Waals surface area contributed by atoms with Crippen molar-refractivity contribution in [1.29, 1.82) is 0 Å². The number of hydrogen-bond acceptors (Lipinski definition) is 6. The zero-order chi connectivity index (χ0) is 17.1. The number of pyridine rings is 1. The molecule has 0 fully saturated rings. The molecule has 4 rings (SSSR count). The lowest BCUT2D eigenvalue weighted by atomic mass is 10.2. The number of carbonyl (C=O) groups is 1. The lowest BCUT2D eigenvalue weighted by Gasteiger charge is -2.05. The van der Waals surface area contributed by atoms with Crippen molar-refractivity contribution in [3.05, 3.63) is 60.4 Å². The van der Waals surface area contributed by atoms with Crippen LogP contribution >= 0.6 is 11.7 Å². The van der Waals surface area contributed by atoms with Crippen LogP contribution in [0.5, 0.6) is 0 Å². The summed E-state index contributed by atoms with van der Waals surface area (Å²) >= 11 is 1.14. The first-order valence-corrected chi connectivity index (χ1v) is 8.48. The Hall–Kier alpha value is -3.13. The Labute approximate surface area is 147 Å². The van der Waals surface area contributed by atoms with E-state index in [1.807, 2.05) is 30.5 Å². The molecule has 0 aliphatic rings. The molecule has 25 heavy (non-hydrogen) atoms. The monoisotopic (exact) mass is 350 g/mol. The number of rotatable bonds is 5. The third-order valence-corrected chi connectivity index (χ3v) is 4.27. The number of nitrogens with one attached hydrogen (secondary N) is 1. The van der Waals surface area contributed by atoms with Gasteiger partial charge in [-0.25, -0.2) is 0 Å². The van der Waals surface area contributed by atoms with E-state index in [1.165, 1.54) is 0 Å². The van der Waals surface area contributed by atoms with E-state index >= 15 is 0 Å². The fourth-order valence-corrected chi connectivity index (χ4v) is 2.96. The van der Waals surface area contributed by atoms with Gasteiger partial charge in [0.1, 0.15) is 16.7 Å². The minimum absolute atomic E-state index is 0.132. The van der Waals surface area contributed by atoms with E-state index < -0.39 is 0 Å². The third-order valence-electron chi connectivity index (χ3n) is 3.71. The van der Waals surface area contributed by atoms with Gasteiger partial charge < -0.3 is 5.32 Å². The number of carbonyl (C=O) groups excluding carboxylic acids is 1. The van der Waals surface area contributed by atoms with E-state index in [-0.39, 0.29) is 5.91 Å². The molecule has 0 bridgehead atoms. The molecule has 124 valence electrons. The largest absolute Gasteiger partial charge is 0.350 e. The van der Waals surface area contributed by atoms with E-state index in [1.54, 1.807) is 29.1 Å². The Bertz CT molecular complexity index is 1010. The maximum absolute atomic E-state index is 12.2. The molecule has 1 amide bonds. The summed E-state index contributed by atoms with van der Waals surface area (Å²) in [7, 11) is 0. The molecule has 0 aliphatic carbocycles. The van der Waals surface area contributed by atoms with Gasteiger partial charge in [-0.15, -0.1) is 0 Å². The van der Waals surface area contributed by atoms with E-state index in [0.717, 1.165) is 34.1 Å². The summed E-state index contributed by atoms with van der Waals surface area (Å²) < 4.78 is 10.1. The van der Waals surface area contributed by atoms with Crippen molar-refractivity contribution in [3.8, 4) is 11.4 Å². The predicted molar refractivity (Wildman–Crippen MR) is 95.2 cm³/mol. The molecular formula is C17H14N6OS. The molecule has 3 aromatic heterocycles. The second-order valence-corrected chi connectivity index (χ2v) is 5.93. The van der Waals surface area contributed by atoms with Crippen molar-refractivity contribution in [2.45, 2.75) is 6.54 Å². The summed E-state index contributed by atoms with van der Waals surface area (Å²) in [5, 5.41) is 7.36. The highest BCUT2D eigenvalue weighted by Crippen LogP contribution is 2.14. The van der Waals surface area contributed by atoms with Crippen LogP contribution in [0.3, 0.4) is 0 Å². The fraction of sp³-hybridized carbons (Fsp3) is 0.118. The smallest absolute Gasteiger partial charge is 0.251 e. The van der Waals surface area contributed by atoms with Crippen LogP contribution in [-0.4, -0.2) is 36.0 Å². The molecule has 0 radical (unpaired) electrons. The molecule has 3 heterocycles. The zero-order valence-electron chi connectivity index (χ0n) is 13.2. The molecule has 1 N–H and O–H groups in total. The maximum atomic E-state index is 12.2. The Morgan fingerprint density at radius 2 is 2.00 bits per heavy atom. The van der Waals surface area contributed by atoms with Crippen LogP contribution in [0.2, 0.25) is 0 Å². The van der Waals surface area contributed by atoms with E-state index in [0.29, 0.717) is 18.7 Å². The fourth-order valence-electron chi connectivity index (χ4n) is 2.45. The van der Waals surface area contributed by atoms with Gasteiger partial charge in [0.2, 0.25) is 0 Å². The highest BCUT2D eigenvalue weighted by atomic mass is 32.1.